The molecule has 0 unspecified atom stereocenters. The molecule has 4 heteroatoms. The molecule has 112 valence electrons. The first-order chi connectivity index (χ1) is 10.9. The fourth-order valence-electron chi connectivity index (χ4n) is 3.25. The van der Waals surface area contributed by atoms with Crippen molar-refractivity contribution < 1.29 is 0 Å². The van der Waals surface area contributed by atoms with E-state index >= 15 is 0 Å². The van der Waals surface area contributed by atoms with Crippen molar-refractivity contribution in [3.63, 3.8) is 0 Å². The lowest BCUT2D eigenvalue weighted by Gasteiger charge is -2.21. The van der Waals surface area contributed by atoms with Crippen molar-refractivity contribution in [3.05, 3.63) is 48.3 Å². The van der Waals surface area contributed by atoms with Crippen LogP contribution in [0.4, 0.5) is 5.82 Å². The third-order valence-corrected chi connectivity index (χ3v) is 4.38. The van der Waals surface area contributed by atoms with Crippen molar-refractivity contribution >= 4 is 11.6 Å². The highest BCUT2D eigenvalue weighted by Crippen LogP contribution is 2.28. The van der Waals surface area contributed by atoms with E-state index in [0.29, 0.717) is 0 Å². The second-order valence-electron chi connectivity index (χ2n) is 5.77. The summed E-state index contributed by atoms with van der Waals surface area (Å²) < 4.78 is 2.15. The Hall–Kier alpha value is -2.36. The smallest absolute Gasteiger partial charge is 0.236 e. The lowest BCUT2D eigenvalue weighted by atomic mass is 10.1. The molecule has 3 aromatic rings. The van der Waals surface area contributed by atoms with Crippen LogP contribution >= 0.6 is 0 Å². The number of hydrogen-bond acceptors (Lipinski definition) is 3. The number of nitrogens with zero attached hydrogens (tertiary/aromatic N) is 4. The largest absolute Gasteiger partial charge is 0.356 e. The van der Waals surface area contributed by atoms with Gasteiger partial charge in [0.05, 0.1) is 11.4 Å². The molecular weight excluding hydrogens is 272 g/mol. The molecule has 0 saturated carbocycles. The molecule has 0 aliphatic carbocycles. The van der Waals surface area contributed by atoms with Gasteiger partial charge in [-0.2, -0.15) is 0 Å². The summed E-state index contributed by atoms with van der Waals surface area (Å²) in [6.07, 6.45) is 5.61. The van der Waals surface area contributed by atoms with Gasteiger partial charge in [-0.1, -0.05) is 30.3 Å². The quantitative estimate of drug-likeness (QED) is 0.724. The van der Waals surface area contributed by atoms with Crippen LogP contribution in [0, 0.1) is 0 Å². The molecule has 0 bridgehead atoms. The number of aromatic nitrogens is 3. The maximum atomic E-state index is 4.81. The van der Waals surface area contributed by atoms with Gasteiger partial charge in [-0.3, -0.25) is 4.40 Å². The van der Waals surface area contributed by atoms with Crippen LogP contribution in [0.1, 0.15) is 25.5 Å². The first-order valence-electron chi connectivity index (χ1n) is 8.05. The molecule has 2 aromatic heterocycles. The van der Waals surface area contributed by atoms with Crippen LogP contribution in [0.3, 0.4) is 0 Å². The summed E-state index contributed by atoms with van der Waals surface area (Å²) in [6, 6.07) is 12.4. The van der Waals surface area contributed by atoms with Gasteiger partial charge < -0.3 is 4.90 Å². The molecule has 1 aliphatic rings. The lowest BCUT2D eigenvalue weighted by molar-refractivity contribution is 0.716. The molecule has 4 nitrogen and oxygen atoms in total. The molecule has 1 aromatic carbocycles. The van der Waals surface area contributed by atoms with Crippen molar-refractivity contribution in [2.24, 2.45) is 0 Å². The zero-order chi connectivity index (χ0) is 14.9. The summed E-state index contributed by atoms with van der Waals surface area (Å²) in [4.78, 5) is 12.0. The highest BCUT2D eigenvalue weighted by atomic mass is 15.3. The summed E-state index contributed by atoms with van der Waals surface area (Å²) in [7, 11) is 0. The van der Waals surface area contributed by atoms with E-state index in [1.165, 1.54) is 24.4 Å². The minimum atomic E-state index is 0.812. The number of aryl methyl sites for hydroxylation is 1. The molecule has 0 fully saturated rings. The van der Waals surface area contributed by atoms with Crippen molar-refractivity contribution in [1.29, 1.82) is 0 Å². The van der Waals surface area contributed by atoms with Gasteiger partial charge in [-0.25, -0.2) is 9.97 Å². The van der Waals surface area contributed by atoms with Gasteiger partial charge in [0.1, 0.15) is 5.82 Å². The van der Waals surface area contributed by atoms with Crippen molar-refractivity contribution in [1.82, 2.24) is 14.4 Å². The molecule has 0 amide bonds. The van der Waals surface area contributed by atoms with Crippen molar-refractivity contribution in [2.45, 2.75) is 26.2 Å². The normalized spacial score (nSPS) is 14.9. The van der Waals surface area contributed by atoms with E-state index in [0.717, 1.165) is 36.5 Å². The fraction of sp³-hybridized carbons (Fsp3) is 0.333. The number of benzene rings is 1. The molecule has 0 spiro atoms. The Morgan fingerprint density at radius 3 is 2.73 bits per heavy atom. The molecule has 4 rings (SSSR count). The number of hydrogen-bond donors (Lipinski definition) is 0. The Bertz CT molecular complexity index is 791. The van der Waals surface area contributed by atoms with Crippen LogP contribution < -0.4 is 4.90 Å². The topological polar surface area (TPSA) is 33.4 Å². The van der Waals surface area contributed by atoms with Crippen LogP contribution in [-0.4, -0.2) is 27.5 Å². The number of anilines is 1. The lowest BCUT2D eigenvalue weighted by Crippen LogP contribution is -2.24. The maximum Gasteiger partial charge on any atom is 0.236 e. The monoisotopic (exact) mass is 292 g/mol. The highest BCUT2D eigenvalue weighted by Gasteiger charge is 2.21. The number of rotatable bonds is 2. The molecule has 0 radical (unpaired) electrons. The molecule has 0 N–H and O–H groups in total. The van der Waals surface area contributed by atoms with E-state index in [1.807, 2.05) is 18.2 Å². The summed E-state index contributed by atoms with van der Waals surface area (Å²) in [5, 5.41) is 0. The molecule has 0 saturated heterocycles. The highest BCUT2D eigenvalue weighted by molar-refractivity contribution is 5.63. The maximum absolute atomic E-state index is 4.81. The average Bonchev–Trinajstić information content (AvgIpc) is 2.81. The molecule has 1 aliphatic heterocycles. The first kappa shape index (κ1) is 13.3. The molecule has 22 heavy (non-hydrogen) atoms. The molecule has 3 heterocycles. The van der Waals surface area contributed by atoms with Gasteiger partial charge in [0.25, 0.3) is 0 Å². The summed E-state index contributed by atoms with van der Waals surface area (Å²) >= 11 is 0. The second-order valence-corrected chi connectivity index (χ2v) is 5.77. The van der Waals surface area contributed by atoms with Gasteiger partial charge in [-0.05, 0) is 32.3 Å². The minimum Gasteiger partial charge on any atom is -0.356 e. The van der Waals surface area contributed by atoms with Gasteiger partial charge in [-0.15, -0.1) is 0 Å². The van der Waals surface area contributed by atoms with Crippen LogP contribution in [0.15, 0.2) is 42.6 Å². The van der Waals surface area contributed by atoms with E-state index in [2.05, 4.69) is 40.6 Å². The summed E-state index contributed by atoms with van der Waals surface area (Å²) in [5.41, 5.74) is 3.31. The van der Waals surface area contributed by atoms with E-state index in [4.69, 9.17) is 9.97 Å². The fourth-order valence-corrected chi connectivity index (χ4v) is 3.25. The first-order valence-corrected chi connectivity index (χ1v) is 8.05. The van der Waals surface area contributed by atoms with E-state index < -0.39 is 0 Å². The predicted molar refractivity (Wildman–Crippen MR) is 89.2 cm³/mol. The Balaban J connectivity index is 1.86. The Labute approximate surface area is 130 Å². The van der Waals surface area contributed by atoms with Crippen LogP contribution in [0.2, 0.25) is 0 Å². The molecule has 0 atom stereocenters. The number of imidazole rings is 1. The standard InChI is InChI=1S/C18H20N4/c1-2-21-12-7-6-10-16-17(21)22-13-11-15(19-18(22)20-16)14-8-4-3-5-9-14/h3-5,8-9,11,13H,2,6-7,10,12H2,1H3. The third-order valence-electron chi connectivity index (χ3n) is 4.38. The van der Waals surface area contributed by atoms with E-state index in [9.17, 15) is 0 Å². The van der Waals surface area contributed by atoms with Gasteiger partial charge in [0, 0.05) is 24.8 Å². The minimum absolute atomic E-state index is 0.812. The Morgan fingerprint density at radius 1 is 1.05 bits per heavy atom. The van der Waals surface area contributed by atoms with Crippen molar-refractivity contribution in [3.8, 4) is 11.3 Å². The average molecular weight is 292 g/mol. The molecular formula is C18H20N4. The number of fused-ring (bicyclic) bond motifs is 3. The van der Waals surface area contributed by atoms with Gasteiger partial charge >= 0.3 is 0 Å². The van der Waals surface area contributed by atoms with Gasteiger partial charge in [0.15, 0.2) is 0 Å². The van der Waals surface area contributed by atoms with Crippen LogP contribution in [0.25, 0.3) is 17.0 Å². The second kappa shape index (κ2) is 5.44. The zero-order valence-electron chi connectivity index (χ0n) is 12.9. The van der Waals surface area contributed by atoms with Crippen LogP contribution in [0.5, 0.6) is 0 Å². The van der Waals surface area contributed by atoms with E-state index in [-0.39, 0.29) is 0 Å². The zero-order valence-corrected chi connectivity index (χ0v) is 12.9. The Kier molecular flexibility index (Phi) is 3.29. The predicted octanol–water partition coefficient (Wildman–Crippen LogP) is 3.56. The SMILES string of the molecule is CCN1CCCCc2nc3nc(-c4ccccc4)ccn3c21. The van der Waals surface area contributed by atoms with E-state index in [1.54, 1.807) is 0 Å². The summed E-state index contributed by atoms with van der Waals surface area (Å²) in [6.45, 7) is 4.33. The van der Waals surface area contributed by atoms with Crippen LogP contribution in [-0.2, 0) is 6.42 Å². The third kappa shape index (κ3) is 2.15. The Morgan fingerprint density at radius 2 is 1.91 bits per heavy atom. The van der Waals surface area contributed by atoms with Crippen molar-refractivity contribution in [2.75, 3.05) is 18.0 Å². The summed E-state index contributed by atoms with van der Waals surface area (Å²) in [5.74, 6) is 2.05. The van der Waals surface area contributed by atoms with Gasteiger partial charge in [0.2, 0.25) is 5.78 Å².